The summed E-state index contributed by atoms with van der Waals surface area (Å²) < 4.78 is 5.36. The van der Waals surface area contributed by atoms with Crippen LogP contribution in [0, 0.1) is 0 Å². The maximum Gasteiger partial charge on any atom is 0.151 e. The number of carbonyl (C=O) groups excluding carboxylic acids is 1. The molecule has 0 radical (unpaired) electrons. The molecule has 0 aromatic heterocycles. The van der Waals surface area contributed by atoms with E-state index >= 15 is 0 Å². The minimum Gasteiger partial charge on any atom is -0.368 e. The first-order chi connectivity index (χ1) is 4.83. The van der Waals surface area contributed by atoms with Gasteiger partial charge in [-0.15, -0.1) is 0 Å². The number of unbranched alkanes of at least 4 members (excludes halogenated alkanes) is 1. The van der Waals surface area contributed by atoms with Crippen molar-refractivity contribution in [2.24, 2.45) is 0 Å². The molecule has 0 aromatic rings. The van der Waals surface area contributed by atoms with Crippen molar-refractivity contribution in [1.29, 1.82) is 0 Å². The van der Waals surface area contributed by atoms with Crippen molar-refractivity contribution >= 4 is 6.29 Å². The predicted molar refractivity (Wildman–Crippen MR) is 38.9 cm³/mol. The molecule has 2 heteroatoms. The fourth-order valence-corrected chi connectivity index (χ4v) is 0.839. The van der Waals surface area contributed by atoms with Gasteiger partial charge in [0.15, 0.2) is 6.29 Å². The number of hydrogen-bond donors (Lipinski definition) is 0. The highest BCUT2D eigenvalue weighted by Crippen LogP contribution is 2.37. The van der Waals surface area contributed by atoms with Gasteiger partial charge in [0.1, 0.15) is 5.60 Å². The van der Waals surface area contributed by atoms with E-state index in [4.69, 9.17) is 4.74 Å². The van der Waals surface area contributed by atoms with Gasteiger partial charge in [-0.3, -0.25) is 0 Å². The Bertz CT molecular complexity index is 116. The predicted octanol–water partition coefficient (Wildman–Crippen LogP) is 1.53. The average molecular weight is 142 g/mol. The molecule has 1 rings (SSSR count). The molecule has 1 fully saturated rings. The van der Waals surface area contributed by atoms with Crippen molar-refractivity contribution in [1.82, 2.24) is 0 Å². The Morgan fingerprint density at radius 2 is 2.30 bits per heavy atom. The zero-order chi connectivity index (χ0) is 7.45. The standard InChI is InChI=1S/C8H14O2/c1-2-3-6-10-8(7-9)4-5-8/h7H,2-6H2,1H3. The van der Waals surface area contributed by atoms with Crippen LogP contribution in [0.4, 0.5) is 0 Å². The zero-order valence-electron chi connectivity index (χ0n) is 6.43. The Morgan fingerprint density at radius 1 is 1.60 bits per heavy atom. The molecule has 0 atom stereocenters. The molecule has 0 spiro atoms. The van der Waals surface area contributed by atoms with E-state index in [-0.39, 0.29) is 5.60 Å². The first-order valence-electron chi connectivity index (χ1n) is 3.93. The summed E-state index contributed by atoms with van der Waals surface area (Å²) in [6.07, 6.45) is 5.01. The molecule has 0 aromatic carbocycles. The quantitative estimate of drug-likeness (QED) is 0.430. The number of hydrogen-bond acceptors (Lipinski definition) is 2. The molecule has 0 bridgehead atoms. The van der Waals surface area contributed by atoms with Gasteiger partial charge in [-0.25, -0.2) is 0 Å². The molecule has 1 aliphatic rings. The van der Waals surface area contributed by atoms with Crippen molar-refractivity contribution < 1.29 is 9.53 Å². The SMILES string of the molecule is CCCCOC1(C=O)CC1. The van der Waals surface area contributed by atoms with Gasteiger partial charge in [0.05, 0.1) is 0 Å². The fraction of sp³-hybridized carbons (Fsp3) is 0.875. The van der Waals surface area contributed by atoms with Gasteiger partial charge < -0.3 is 9.53 Å². The second kappa shape index (κ2) is 3.15. The van der Waals surface area contributed by atoms with E-state index in [1.165, 1.54) is 0 Å². The van der Waals surface area contributed by atoms with Crippen LogP contribution in [0.5, 0.6) is 0 Å². The van der Waals surface area contributed by atoms with E-state index in [9.17, 15) is 4.79 Å². The first-order valence-corrected chi connectivity index (χ1v) is 3.93. The molecule has 58 valence electrons. The third-order valence-electron chi connectivity index (χ3n) is 1.84. The normalized spacial score (nSPS) is 20.5. The Kier molecular flexibility index (Phi) is 2.44. The van der Waals surface area contributed by atoms with E-state index < -0.39 is 0 Å². The van der Waals surface area contributed by atoms with Gasteiger partial charge in [-0.1, -0.05) is 13.3 Å². The van der Waals surface area contributed by atoms with Gasteiger partial charge in [-0.05, 0) is 19.3 Å². The molecule has 0 unspecified atom stereocenters. The molecular formula is C8H14O2. The lowest BCUT2D eigenvalue weighted by molar-refractivity contribution is -0.120. The van der Waals surface area contributed by atoms with Gasteiger partial charge in [0.25, 0.3) is 0 Å². The number of rotatable bonds is 5. The van der Waals surface area contributed by atoms with Gasteiger partial charge in [0.2, 0.25) is 0 Å². The average Bonchev–Trinajstić information content (AvgIpc) is 2.70. The molecule has 1 aliphatic carbocycles. The molecule has 0 aliphatic heterocycles. The Labute approximate surface area is 61.6 Å². The van der Waals surface area contributed by atoms with Crippen LogP contribution in [0.3, 0.4) is 0 Å². The van der Waals surface area contributed by atoms with Gasteiger partial charge in [-0.2, -0.15) is 0 Å². The lowest BCUT2D eigenvalue weighted by Gasteiger charge is -2.07. The van der Waals surface area contributed by atoms with Crippen LogP contribution < -0.4 is 0 Å². The lowest BCUT2D eigenvalue weighted by atomic mass is 10.3. The second-order valence-electron chi connectivity index (χ2n) is 2.88. The second-order valence-corrected chi connectivity index (χ2v) is 2.88. The summed E-state index contributed by atoms with van der Waals surface area (Å²) in [5.41, 5.74) is -0.338. The zero-order valence-corrected chi connectivity index (χ0v) is 6.43. The molecular weight excluding hydrogens is 128 g/mol. The summed E-state index contributed by atoms with van der Waals surface area (Å²) in [5, 5.41) is 0. The van der Waals surface area contributed by atoms with Crippen molar-refractivity contribution in [3.05, 3.63) is 0 Å². The minimum absolute atomic E-state index is 0.338. The summed E-state index contributed by atoms with van der Waals surface area (Å²) in [6, 6.07) is 0. The van der Waals surface area contributed by atoms with E-state index in [2.05, 4.69) is 6.92 Å². The summed E-state index contributed by atoms with van der Waals surface area (Å²) in [7, 11) is 0. The smallest absolute Gasteiger partial charge is 0.151 e. The summed E-state index contributed by atoms with van der Waals surface area (Å²) in [5.74, 6) is 0. The third kappa shape index (κ3) is 1.81. The van der Waals surface area contributed by atoms with Crippen molar-refractivity contribution in [3.63, 3.8) is 0 Å². The molecule has 0 heterocycles. The van der Waals surface area contributed by atoms with E-state index in [1.807, 2.05) is 0 Å². The van der Waals surface area contributed by atoms with E-state index in [1.54, 1.807) is 0 Å². The fourth-order valence-electron chi connectivity index (χ4n) is 0.839. The van der Waals surface area contributed by atoms with Crippen LogP contribution in [0.15, 0.2) is 0 Å². The molecule has 1 saturated carbocycles. The maximum absolute atomic E-state index is 10.4. The van der Waals surface area contributed by atoms with Gasteiger partial charge >= 0.3 is 0 Å². The van der Waals surface area contributed by atoms with Crippen LogP contribution in [-0.2, 0) is 9.53 Å². The lowest BCUT2D eigenvalue weighted by Crippen LogP contribution is -2.16. The van der Waals surface area contributed by atoms with Crippen LogP contribution in [0.1, 0.15) is 32.6 Å². The highest BCUT2D eigenvalue weighted by Gasteiger charge is 2.43. The largest absolute Gasteiger partial charge is 0.368 e. The third-order valence-corrected chi connectivity index (χ3v) is 1.84. The van der Waals surface area contributed by atoms with Gasteiger partial charge in [0, 0.05) is 6.61 Å². The number of carbonyl (C=O) groups is 1. The highest BCUT2D eigenvalue weighted by molar-refractivity contribution is 5.66. The number of ether oxygens (including phenoxy) is 1. The molecule has 0 saturated heterocycles. The maximum atomic E-state index is 10.4. The summed E-state index contributed by atoms with van der Waals surface area (Å²) >= 11 is 0. The number of aldehydes is 1. The van der Waals surface area contributed by atoms with Crippen molar-refractivity contribution in [2.75, 3.05) is 6.61 Å². The van der Waals surface area contributed by atoms with Crippen molar-refractivity contribution in [2.45, 2.75) is 38.2 Å². The van der Waals surface area contributed by atoms with Crippen LogP contribution in [0.25, 0.3) is 0 Å². The Hall–Kier alpha value is -0.370. The molecule has 0 amide bonds. The monoisotopic (exact) mass is 142 g/mol. The molecule has 0 N–H and O–H groups in total. The Morgan fingerprint density at radius 3 is 2.70 bits per heavy atom. The van der Waals surface area contributed by atoms with Crippen LogP contribution in [-0.4, -0.2) is 18.5 Å². The highest BCUT2D eigenvalue weighted by atomic mass is 16.5. The summed E-state index contributed by atoms with van der Waals surface area (Å²) in [4.78, 5) is 10.4. The minimum atomic E-state index is -0.338. The summed E-state index contributed by atoms with van der Waals surface area (Å²) in [6.45, 7) is 2.86. The first kappa shape index (κ1) is 7.73. The molecule has 10 heavy (non-hydrogen) atoms. The molecule has 2 nitrogen and oxygen atoms in total. The topological polar surface area (TPSA) is 26.3 Å². The van der Waals surface area contributed by atoms with Crippen LogP contribution in [0.2, 0.25) is 0 Å². The van der Waals surface area contributed by atoms with Crippen LogP contribution >= 0.6 is 0 Å². The van der Waals surface area contributed by atoms with E-state index in [0.717, 1.165) is 38.6 Å². The Balaban J connectivity index is 2.07. The van der Waals surface area contributed by atoms with E-state index in [0.29, 0.717) is 0 Å². The van der Waals surface area contributed by atoms with Crippen molar-refractivity contribution in [3.8, 4) is 0 Å².